The molecule has 8 rings (SSSR count). The third kappa shape index (κ3) is 5.90. The Kier molecular flexibility index (Phi) is 8.55. The third-order valence-corrected chi connectivity index (χ3v) is 9.11. The second kappa shape index (κ2) is 13.1. The number of rotatable bonds is 6. The maximum Gasteiger partial charge on any atom is 0.298 e. The lowest BCUT2D eigenvalue weighted by atomic mass is 10.1. The molecule has 0 spiro atoms. The minimum absolute atomic E-state index is 0.434. The normalized spacial score (nSPS) is 16.2. The van der Waals surface area contributed by atoms with Gasteiger partial charge in [-0.15, -0.1) is 0 Å². The number of carbonyl (C=O) groups is 1. The standard InChI is InChI=1S/C22H23N3O2.C14H16N2O3/c1-3-15-4-7-21-19(12-15)24-22(27-21)16-5-6-20-18(13-16)23-14(2)25(20)17-8-10-26-11-9-17;1-10-15-13-8-12(19-9-17)2-3-14(13)16(10)11-4-6-18-7-5-11/h4-7,12-13,17H,3,8-11H2,1-2H3;2-3,8-9,11H,4-7H2,1H3. The van der Waals surface area contributed by atoms with Crippen LogP contribution < -0.4 is 4.74 Å². The number of carbonyl (C=O) groups excluding carboxylic acids is 1. The number of hydrogen-bond acceptors (Lipinski definition) is 8. The highest BCUT2D eigenvalue weighted by Gasteiger charge is 2.22. The maximum absolute atomic E-state index is 10.4. The molecule has 2 saturated heterocycles. The van der Waals surface area contributed by atoms with Crippen LogP contribution in [0.5, 0.6) is 5.75 Å². The van der Waals surface area contributed by atoms with Crippen molar-refractivity contribution in [1.29, 1.82) is 0 Å². The first-order valence-electron chi connectivity index (χ1n) is 16.1. The van der Waals surface area contributed by atoms with Gasteiger partial charge in [-0.05, 0) is 94.0 Å². The summed E-state index contributed by atoms with van der Waals surface area (Å²) in [5.41, 5.74) is 8.09. The molecule has 0 saturated carbocycles. The molecule has 0 amide bonds. The first-order chi connectivity index (χ1) is 22.5. The molecule has 6 aromatic rings. The number of aromatic nitrogens is 5. The van der Waals surface area contributed by atoms with E-state index in [1.54, 1.807) is 12.1 Å². The van der Waals surface area contributed by atoms with E-state index in [1.807, 2.05) is 19.1 Å². The Labute approximate surface area is 267 Å². The number of aryl methyl sites for hydroxylation is 3. The molecule has 5 heterocycles. The average molecular weight is 622 g/mol. The molecule has 2 aliphatic rings. The van der Waals surface area contributed by atoms with Crippen LogP contribution in [0.4, 0.5) is 0 Å². The average Bonchev–Trinajstić information content (AvgIpc) is 3.76. The zero-order valence-electron chi connectivity index (χ0n) is 26.6. The van der Waals surface area contributed by atoms with Gasteiger partial charge in [-0.1, -0.05) is 13.0 Å². The van der Waals surface area contributed by atoms with Crippen molar-refractivity contribution >= 4 is 39.6 Å². The SMILES string of the molecule is CCc1ccc2oc(-c3ccc4c(c3)nc(C)n4C3CCOCC3)nc2c1.Cc1nc2cc(OC=O)ccc2n1C1CCOCC1. The fourth-order valence-corrected chi connectivity index (χ4v) is 6.81. The molecule has 3 aromatic carbocycles. The predicted octanol–water partition coefficient (Wildman–Crippen LogP) is 7.30. The van der Waals surface area contributed by atoms with E-state index < -0.39 is 0 Å². The molecule has 0 N–H and O–H groups in total. The first kappa shape index (κ1) is 30.1. The second-order valence-electron chi connectivity index (χ2n) is 12.0. The van der Waals surface area contributed by atoms with Crippen LogP contribution in [0, 0.1) is 13.8 Å². The zero-order chi connectivity index (χ0) is 31.6. The van der Waals surface area contributed by atoms with E-state index in [1.165, 1.54) is 11.1 Å². The highest BCUT2D eigenvalue weighted by molar-refractivity contribution is 5.83. The van der Waals surface area contributed by atoms with E-state index in [4.69, 9.17) is 28.6 Å². The molecule has 0 atom stereocenters. The number of imidazole rings is 2. The summed E-state index contributed by atoms with van der Waals surface area (Å²) in [5.74, 6) is 3.22. The van der Waals surface area contributed by atoms with Gasteiger partial charge in [-0.25, -0.2) is 15.0 Å². The highest BCUT2D eigenvalue weighted by atomic mass is 16.5. The third-order valence-electron chi connectivity index (χ3n) is 9.11. The lowest BCUT2D eigenvalue weighted by Crippen LogP contribution is -2.20. The van der Waals surface area contributed by atoms with Gasteiger partial charge in [0.05, 0.1) is 22.1 Å². The Balaban J connectivity index is 0.000000157. The molecule has 0 unspecified atom stereocenters. The summed E-state index contributed by atoms with van der Waals surface area (Å²) in [7, 11) is 0. The molecule has 0 bridgehead atoms. The van der Waals surface area contributed by atoms with Crippen LogP contribution >= 0.6 is 0 Å². The number of ether oxygens (including phenoxy) is 3. The first-order valence-corrected chi connectivity index (χ1v) is 16.1. The summed E-state index contributed by atoms with van der Waals surface area (Å²) in [4.78, 5) is 24.4. The Hall–Kier alpha value is -4.54. The van der Waals surface area contributed by atoms with Crippen LogP contribution in [-0.4, -0.2) is 57.0 Å². The van der Waals surface area contributed by atoms with Crippen molar-refractivity contribution < 1.29 is 23.4 Å². The largest absolute Gasteiger partial charge is 0.436 e. The van der Waals surface area contributed by atoms with E-state index in [0.29, 0.717) is 30.2 Å². The van der Waals surface area contributed by atoms with Gasteiger partial charge >= 0.3 is 0 Å². The Morgan fingerprint density at radius 2 is 1.37 bits per heavy atom. The van der Waals surface area contributed by atoms with Gasteiger partial charge in [0, 0.05) is 50.1 Å². The second-order valence-corrected chi connectivity index (χ2v) is 12.0. The number of fused-ring (bicyclic) bond motifs is 3. The lowest BCUT2D eigenvalue weighted by molar-refractivity contribution is -0.120. The highest BCUT2D eigenvalue weighted by Crippen LogP contribution is 2.32. The molecular formula is C36H39N5O5. The van der Waals surface area contributed by atoms with Crippen molar-refractivity contribution in [2.45, 2.75) is 65.0 Å². The molecule has 3 aromatic heterocycles. The van der Waals surface area contributed by atoms with Gasteiger partial charge in [-0.2, -0.15) is 0 Å². The zero-order valence-corrected chi connectivity index (χ0v) is 26.6. The van der Waals surface area contributed by atoms with Gasteiger partial charge in [0.1, 0.15) is 22.9 Å². The van der Waals surface area contributed by atoms with Crippen molar-refractivity contribution in [3.05, 3.63) is 71.8 Å². The number of hydrogen-bond donors (Lipinski definition) is 0. The summed E-state index contributed by atoms with van der Waals surface area (Å²) >= 11 is 0. The van der Waals surface area contributed by atoms with Crippen LogP contribution in [0.2, 0.25) is 0 Å². The number of oxazole rings is 1. The van der Waals surface area contributed by atoms with E-state index in [0.717, 1.165) is 103 Å². The maximum atomic E-state index is 10.4. The number of benzene rings is 3. The molecule has 46 heavy (non-hydrogen) atoms. The minimum Gasteiger partial charge on any atom is -0.436 e. The molecule has 238 valence electrons. The van der Waals surface area contributed by atoms with Gasteiger partial charge in [0.15, 0.2) is 5.58 Å². The van der Waals surface area contributed by atoms with Gasteiger partial charge in [0.2, 0.25) is 5.89 Å². The van der Waals surface area contributed by atoms with Gasteiger partial charge in [0.25, 0.3) is 6.47 Å². The Bertz CT molecular complexity index is 1990. The topological polar surface area (TPSA) is 106 Å². The summed E-state index contributed by atoms with van der Waals surface area (Å²) in [6.45, 7) is 9.93. The molecular weight excluding hydrogens is 582 g/mol. The van der Waals surface area contributed by atoms with Crippen molar-refractivity contribution in [2.75, 3.05) is 26.4 Å². The lowest BCUT2D eigenvalue weighted by Gasteiger charge is -2.25. The quantitative estimate of drug-likeness (QED) is 0.178. The fourth-order valence-electron chi connectivity index (χ4n) is 6.81. The van der Waals surface area contributed by atoms with E-state index in [-0.39, 0.29) is 0 Å². The molecule has 0 radical (unpaired) electrons. The fraction of sp³-hybridized carbons (Fsp3) is 0.389. The van der Waals surface area contributed by atoms with E-state index >= 15 is 0 Å². The summed E-state index contributed by atoms with van der Waals surface area (Å²) < 4.78 is 26.4. The summed E-state index contributed by atoms with van der Waals surface area (Å²) in [6.07, 6.45) is 5.10. The van der Waals surface area contributed by atoms with Crippen molar-refractivity contribution in [1.82, 2.24) is 24.1 Å². The molecule has 2 aliphatic heterocycles. The van der Waals surface area contributed by atoms with Crippen molar-refractivity contribution in [3.8, 4) is 17.2 Å². The number of nitrogens with zero attached hydrogens (tertiary/aromatic N) is 5. The van der Waals surface area contributed by atoms with E-state index in [9.17, 15) is 4.79 Å². The molecule has 0 aliphatic carbocycles. The smallest absolute Gasteiger partial charge is 0.298 e. The molecule has 10 heteroatoms. The van der Waals surface area contributed by atoms with Crippen LogP contribution in [0.25, 0.3) is 44.6 Å². The monoisotopic (exact) mass is 621 g/mol. The Morgan fingerprint density at radius 1 is 0.761 bits per heavy atom. The minimum atomic E-state index is 0.434. The van der Waals surface area contributed by atoms with E-state index in [2.05, 4.69) is 58.3 Å². The van der Waals surface area contributed by atoms with Gasteiger partial charge < -0.3 is 27.8 Å². The van der Waals surface area contributed by atoms with Crippen LogP contribution in [0.15, 0.2) is 59.0 Å². The van der Waals surface area contributed by atoms with Gasteiger partial charge in [-0.3, -0.25) is 4.79 Å². The predicted molar refractivity (Wildman–Crippen MR) is 176 cm³/mol. The van der Waals surface area contributed by atoms with Crippen LogP contribution in [0.3, 0.4) is 0 Å². The molecule has 10 nitrogen and oxygen atoms in total. The molecule has 2 fully saturated rings. The summed E-state index contributed by atoms with van der Waals surface area (Å²) in [6, 6.07) is 19.0. The van der Waals surface area contributed by atoms with Crippen molar-refractivity contribution in [2.24, 2.45) is 0 Å². The van der Waals surface area contributed by atoms with Crippen molar-refractivity contribution in [3.63, 3.8) is 0 Å². The Morgan fingerprint density at radius 3 is 1.98 bits per heavy atom. The summed E-state index contributed by atoms with van der Waals surface area (Å²) in [5, 5.41) is 0. The van der Waals surface area contributed by atoms with Crippen LogP contribution in [0.1, 0.15) is 61.9 Å². The van der Waals surface area contributed by atoms with Crippen LogP contribution in [-0.2, 0) is 20.7 Å².